The number of anilines is 3. The quantitative estimate of drug-likeness (QED) is 0.125. The van der Waals surface area contributed by atoms with Crippen LogP contribution in [0.1, 0.15) is 28.9 Å². The average Bonchev–Trinajstić information content (AvgIpc) is 2.86. The topological polar surface area (TPSA) is 286 Å². The number of carboxylic acids is 2. The number of carbonyl (C=O) groups excluding carboxylic acids is 2. The van der Waals surface area contributed by atoms with E-state index < -0.39 is 29.9 Å². The number of aliphatic carboxylic acids is 2. The molecule has 3 rings (SSSR count). The molecule has 1 aromatic carbocycles. The van der Waals surface area contributed by atoms with Crippen molar-refractivity contribution < 1.29 is 34.6 Å². The highest BCUT2D eigenvalue weighted by molar-refractivity contribution is 5.97. The van der Waals surface area contributed by atoms with Gasteiger partial charge in [0.1, 0.15) is 6.04 Å². The maximum atomic E-state index is 12.4. The highest BCUT2D eigenvalue weighted by Crippen LogP contribution is 2.19. The van der Waals surface area contributed by atoms with Crippen molar-refractivity contribution in [1.29, 1.82) is 0 Å². The monoisotopic (exact) mass is 530 g/mol. The normalized spacial score (nSPS) is 11.0. The molecule has 38 heavy (non-hydrogen) atoms. The van der Waals surface area contributed by atoms with Crippen molar-refractivity contribution in [2.24, 2.45) is 5.73 Å². The first kappa shape index (κ1) is 28.9. The van der Waals surface area contributed by atoms with Crippen LogP contribution in [-0.4, -0.2) is 72.3 Å². The molecule has 17 nitrogen and oxygen atoms in total. The highest BCUT2D eigenvalue weighted by Gasteiger charge is 2.21. The van der Waals surface area contributed by atoms with Crippen LogP contribution < -0.4 is 32.9 Å². The third kappa shape index (κ3) is 8.41. The molecule has 2 aromatic heterocycles. The van der Waals surface area contributed by atoms with Crippen LogP contribution in [0.5, 0.6) is 0 Å². The molecular weight excluding hydrogens is 504 g/mol. The number of urea groups is 1. The number of nitrogens with zero attached hydrogens (tertiary/aromatic N) is 5. The lowest BCUT2D eigenvalue weighted by atomic mass is 10.1. The van der Waals surface area contributed by atoms with E-state index in [1.165, 1.54) is 17.6 Å². The van der Waals surface area contributed by atoms with Crippen molar-refractivity contribution in [2.75, 3.05) is 23.4 Å². The van der Waals surface area contributed by atoms with Crippen molar-refractivity contribution in [2.45, 2.75) is 25.4 Å². The van der Waals surface area contributed by atoms with Gasteiger partial charge in [0.25, 0.3) is 5.91 Å². The molecule has 3 amide bonds. The van der Waals surface area contributed by atoms with Crippen LogP contribution in [0.3, 0.4) is 0 Å². The van der Waals surface area contributed by atoms with E-state index in [0.717, 1.165) is 5.69 Å². The molecule has 17 heteroatoms. The minimum atomic E-state index is -1.30. The van der Waals surface area contributed by atoms with Gasteiger partial charge in [0.15, 0.2) is 17.0 Å². The number of fused-ring (bicyclic) bond motifs is 1. The SMILES string of the molecule is CN(Cc1cnc2nc(N)nc(N)c2n1)c1ccc(C(=O)N[C@@H](CCC(=O)O)C(=O)O)cc1.NC(=O)NO. The fourth-order valence-corrected chi connectivity index (χ4v) is 3.03. The Balaban J connectivity index is 0.000000926. The van der Waals surface area contributed by atoms with Gasteiger partial charge in [-0.2, -0.15) is 9.97 Å². The first-order valence-electron chi connectivity index (χ1n) is 10.7. The summed E-state index contributed by atoms with van der Waals surface area (Å²) in [5.41, 5.74) is 19.1. The number of nitrogens with one attached hydrogen (secondary N) is 2. The Morgan fingerprint density at radius 2 is 1.68 bits per heavy atom. The minimum absolute atomic E-state index is 0.0138. The lowest BCUT2D eigenvalue weighted by Crippen LogP contribution is -2.41. The molecule has 2 heterocycles. The molecule has 0 fully saturated rings. The van der Waals surface area contributed by atoms with E-state index in [0.29, 0.717) is 23.4 Å². The molecule has 0 saturated carbocycles. The number of hydrogen-bond acceptors (Lipinski definition) is 12. The Labute approximate surface area is 214 Å². The van der Waals surface area contributed by atoms with Gasteiger partial charge in [0, 0.05) is 24.7 Å². The number of benzene rings is 1. The molecule has 11 N–H and O–H groups in total. The lowest BCUT2D eigenvalue weighted by Gasteiger charge is -2.19. The fourth-order valence-electron chi connectivity index (χ4n) is 3.03. The number of amides is 3. The summed E-state index contributed by atoms with van der Waals surface area (Å²) < 4.78 is 0. The summed E-state index contributed by atoms with van der Waals surface area (Å²) in [5, 5.41) is 27.7. The molecule has 0 bridgehead atoms. The molecule has 0 aliphatic heterocycles. The third-order valence-electron chi connectivity index (χ3n) is 4.83. The number of nitrogens with two attached hydrogens (primary N) is 3. The molecule has 0 unspecified atom stereocenters. The number of aromatic nitrogens is 4. The van der Waals surface area contributed by atoms with Crippen molar-refractivity contribution in [3.05, 3.63) is 41.7 Å². The summed E-state index contributed by atoms with van der Waals surface area (Å²) in [6, 6.07) is 4.22. The zero-order valence-corrected chi connectivity index (χ0v) is 20.0. The number of primary amides is 1. The minimum Gasteiger partial charge on any atom is -0.481 e. The molecule has 3 aromatic rings. The maximum Gasteiger partial charge on any atom is 0.335 e. The van der Waals surface area contributed by atoms with E-state index in [9.17, 15) is 24.3 Å². The molecule has 0 saturated heterocycles. The third-order valence-corrected chi connectivity index (χ3v) is 4.83. The molecule has 0 radical (unpaired) electrons. The van der Waals surface area contributed by atoms with E-state index in [2.05, 4.69) is 31.0 Å². The molecule has 202 valence electrons. The van der Waals surface area contributed by atoms with Crippen LogP contribution in [0.25, 0.3) is 11.2 Å². The van der Waals surface area contributed by atoms with Gasteiger partial charge in [0.05, 0.1) is 18.4 Å². The van der Waals surface area contributed by atoms with Gasteiger partial charge in [-0.1, -0.05) is 0 Å². The average molecular weight is 531 g/mol. The highest BCUT2D eigenvalue weighted by atomic mass is 16.5. The molecular formula is C21H26N10O7. The summed E-state index contributed by atoms with van der Waals surface area (Å²) in [5.74, 6) is -2.91. The number of carboxylic acid groups (broad SMARTS) is 2. The number of nitrogen functional groups attached to an aromatic ring is 2. The largest absolute Gasteiger partial charge is 0.481 e. The lowest BCUT2D eigenvalue weighted by molar-refractivity contribution is -0.140. The number of hydroxylamine groups is 1. The first-order chi connectivity index (χ1) is 17.9. The van der Waals surface area contributed by atoms with Crippen LogP contribution in [-0.2, 0) is 16.1 Å². The Bertz CT molecular complexity index is 1320. The van der Waals surface area contributed by atoms with Crippen LogP contribution in [0, 0.1) is 0 Å². The standard InChI is InChI=1S/C20H22N8O5.CH4N2O2/c1-28(9-11-8-23-17-15(24-11)16(21)26-20(22)27-17)12-4-2-10(3-5-12)18(31)25-13(19(32)33)6-7-14(29)30;2-1(4)3-5/h2-5,8,13H,6-7,9H2,1H3,(H,25,31)(H,29,30)(H,32,33)(H4,21,22,23,26,27);5H,(H3,2,3,4)/t13-;/m0./s1. The van der Waals surface area contributed by atoms with Gasteiger partial charge in [-0.15, -0.1) is 0 Å². The Morgan fingerprint density at radius 1 is 1.05 bits per heavy atom. The van der Waals surface area contributed by atoms with Crippen LogP contribution in [0.2, 0.25) is 0 Å². The number of rotatable bonds is 9. The number of carbonyl (C=O) groups is 4. The van der Waals surface area contributed by atoms with Crippen LogP contribution >= 0.6 is 0 Å². The molecule has 0 aliphatic carbocycles. The zero-order chi connectivity index (χ0) is 28.4. The van der Waals surface area contributed by atoms with E-state index >= 15 is 0 Å². The summed E-state index contributed by atoms with van der Waals surface area (Å²) in [4.78, 5) is 61.9. The van der Waals surface area contributed by atoms with E-state index in [1.807, 2.05) is 11.9 Å². The zero-order valence-electron chi connectivity index (χ0n) is 20.0. The van der Waals surface area contributed by atoms with Crippen molar-refractivity contribution >= 4 is 52.5 Å². The Hall–Kier alpha value is -5.32. The van der Waals surface area contributed by atoms with Gasteiger partial charge in [0.2, 0.25) is 5.95 Å². The maximum absolute atomic E-state index is 12.4. The number of hydrogen-bond donors (Lipinski definition) is 8. The van der Waals surface area contributed by atoms with Crippen molar-refractivity contribution in [3.63, 3.8) is 0 Å². The van der Waals surface area contributed by atoms with Crippen LogP contribution in [0.4, 0.5) is 22.2 Å². The summed E-state index contributed by atoms with van der Waals surface area (Å²) in [6.45, 7) is 0.370. The Morgan fingerprint density at radius 3 is 2.24 bits per heavy atom. The first-order valence-corrected chi connectivity index (χ1v) is 10.7. The van der Waals surface area contributed by atoms with Crippen LogP contribution in [0.15, 0.2) is 30.5 Å². The summed E-state index contributed by atoms with van der Waals surface area (Å²) in [7, 11) is 1.82. The van der Waals surface area contributed by atoms with Gasteiger partial charge in [-0.05, 0) is 30.7 Å². The molecule has 1 atom stereocenters. The molecule has 0 aliphatic rings. The molecule has 0 spiro atoms. The predicted octanol–water partition coefficient (Wildman–Crippen LogP) is -0.688. The van der Waals surface area contributed by atoms with Gasteiger partial charge in [-0.25, -0.2) is 25.0 Å². The smallest absolute Gasteiger partial charge is 0.335 e. The predicted molar refractivity (Wildman–Crippen MR) is 133 cm³/mol. The van der Waals surface area contributed by atoms with E-state index in [1.54, 1.807) is 18.3 Å². The second kappa shape index (κ2) is 13.1. The van der Waals surface area contributed by atoms with Crippen molar-refractivity contribution in [3.8, 4) is 0 Å². The summed E-state index contributed by atoms with van der Waals surface area (Å²) in [6.07, 6.45) is 0.964. The fraction of sp³-hybridized carbons (Fsp3) is 0.238. The summed E-state index contributed by atoms with van der Waals surface area (Å²) >= 11 is 0. The van der Waals surface area contributed by atoms with Gasteiger partial charge in [-0.3, -0.25) is 14.8 Å². The Kier molecular flexibility index (Phi) is 9.98. The van der Waals surface area contributed by atoms with Gasteiger partial charge < -0.3 is 37.6 Å². The van der Waals surface area contributed by atoms with E-state index in [-0.39, 0.29) is 30.2 Å². The second-order valence-corrected chi connectivity index (χ2v) is 7.68. The second-order valence-electron chi connectivity index (χ2n) is 7.68. The van der Waals surface area contributed by atoms with Gasteiger partial charge >= 0.3 is 18.0 Å². The van der Waals surface area contributed by atoms with Crippen molar-refractivity contribution in [1.82, 2.24) is 30.7 Å². The van der Waals surface area contributed by atoms with E-state index in [4.69, 9.17) is 21.8 Å².